The van der Waals surface area contributed by atoms with Crippen LogP contribution in [-0.4, -0.2) is 19.2 Å². The first-order valence-corrected chi connectivity index (χ1v) is 4.99. The summed E-state index contributed by atoms with van der Waals surface area (Å²) < 4.78 is 6.29. The van der Waals surface area contributed by atoms with Crippen LogP contribution in [0.1, 0.15) is 0 Å². The van der Waals surface area contributed by atoms with Crippen LogP contribution in [-0.2, 0) is 4.74 Å². The average Bonchev–Trinajstić information content (AvgIpc) is 2.45. The van der Waals surface area contributed by atoms with Gasteiger partial charge in [0.25, 0.3) is 0 Å². The highest BCUT2D eigenvalue weighted by Crippen LogP contribution is 2.23. The van der Waals surface area contributed by atoms with Crippen molar-refractivity contribution in [3.05, 3.63) is 24.3 Å². The Hall–Kier alpha value is -0.580. The molecule has 13 heavy (non-hydrogen) atoms. The fraction of sp³-hybridized carbons (Fsp3) is 0.222. The molecule has 70 valence electrons. The predicted octanol–water partition coefficient (Wildman–Crippen LogP) is 2.85. The molecule has 0 atom stereocenters. The van der Waals surface area contributed by atoms with Crippen molar-refractivity contribution in [2.75, 3.05) is 14.2 Å². The maximum Gasteiger partial charge on any atom is 0.148 e. The third-order valence-corrected chi connectivity index (χ3v) is 2.50. The first-order chi connectivity index (χ1) is 6.27. The number of aromatic nitrogens is 1. The van der Waals surface area contributed by atoms with Crippen molar-refractivity contribution in [2.45, 2.75) is 4.34 Å². The monoisotopic (exact) mass is 213 g/mol. The summed E-state index contributed by atoms with van der Waals surface area (Å²) >= 11 is 5.76. The third kappa shape index (κ3) is 2.99. The molecule has 1 aromatic carbocycles. The summed E-state index contributed by atoms with van der Waals surface area (Å²) in [5.41, 5.74) is 1.04. The summed E-state index contributed by atoms with van der Waals surface area (Å²) in [6, 6.07) is 8.03. The highest BCUT2D eigenvalue weighted by Gasteiger charge is 1.96. The minimum Gasteiger partial charge on any atom is -0.388 e. The van der Waals surface area contributed by atoms with Gasteiger partial charge < -0.3 is 4.74 Å². The lowest BCUT2D eigenvalue weighted by atomic mass is 10.3. The lowest BCUT2D eigenvalue weighted by Crippen LogP contribution is -1.63. The maximum atomic E-state index is 4.25. The largest absolute Gasteiger partial charge is 0.388 e. The van der Waals surface area contributed by atoms with E-state index >= 15 is 0 Å². The molecular weight excluding hydrogens is 202 g/mol. The molecule has 0 spiro atoms. The van der Waals surface area contributed by atoms with Crippen molar-refractivity contribution >= 4 is 34.2 Å². The van der Waals surface area contributed by atoms with Crippen LogP contribution in [0.3, 0.4) is 0 Å². The summed E-state index contributed by atoms with van der Waals surface area (Å²) in [6.07, 6.45) is 0. The van der Waals surface area contributed by atoms with E-state index < -0.39 is 0 Å². The van der Waals surface area contributed by atoms with Crippen LogP contribution >= 0.6 is 24.0 Å². The van der Waals surface area contributed by atoms with Crippen molar-refractivity contribution < 1.29 is 4.74 Å². The van der Waals surface area contributed by atoms with Gasteiger partial charge in [0.15, 0.2) is 0 Å². The summed E-state index contributed by atoms with van der Waals surface area (Å²) in [7, 11) is 3.25. The summed E-state index contributed by atoms with van der Waals surface area (Å²) in [4.78, 5) is 4.20. The van der Waals surface area contributed by atoms with Crippen LogP contribution in [0.25, 0.3) is 10.2 Å². The van der Waals surface area contributed by atoms with Crippen molar-refractivity contribution in [1.82, 2.24) is 4.98 Å². The Morgan fingerprint density at radius 1 is 1.31 bits per heavy atom. The summed E-state index contributed by atoms with van der Waals surface area (Å²) in [5.74, 6) is 0. The zero-order valence-corrected chi connectivity index (χ0v) is 9.23. The van der Waals surface area contributed by atoms with Gasteiger partial charge in [-0.1, -0.05) is 12.1 Å². The van der Waals surface area contributed by atoms with Gasteiger partial charge in [-0.3, -0.25) is 0 Å². The van der Waals surface area contributed by atoms with E-state index in [4.69, 9.17) is 0 Å². The van der Waals surface area contributed by atoms with E-state index in [9.17, 15) is 0 Å². The molecule has 4 heteroatoms. The number of hydrogen-bond acceptors (Lipinski definition) is 4. The van der Waals surface area contributed by atoms with Gasteiger partial charge in [-0.15, -0.1) is 24.0 Å². The van der Waals surface area contributed by atoms with Gasteiger partial charge in [0, 0.05) is 14.2 Å². The molecule has 0 bridgehead atoms. The molecule has 0 aliphatic heterocycles. The quantitative estimate of drug-likeness (QED) is 0.680. The van der Waals surface area contributed by atoms with E-state index in [1.54, 1.807) is 25.6 Å². The minimum atomic E-state index is 0.834. The van der Waals surface area contributed by atoms with Crippen molar-refractivity contribution in [3.63, 3.8) is 0 Å². The number of thiazole rings is 1. The summed E-state index contributed by atoms with van der Waals surface area (Å²) in [6.45, 7) is 0. The smallest absolute Gasteiger partial charge is 0.148 e. The Bertz CT molecular complexity index is 339. The Morgan fingerprint density at radius 2 is 1.92 bits per heavy atom. The molecule has 2 aromatic rings. The second kappa shape index (κ2) is 5.21. The van der Waals surface area contributed by atoms with Gasteiger partial charge >= 0.3 is 0 Å². The van der Waals surface area contributed by atoms with E-state index in [0.29, 0.717) is 0 Å². The molecule has 1 aromatic heterocycles. The van der Waals surface area contributed by atoms with Gasteiger partial charge in [0.1, 0.15) is 4.34 Å². The van der Waals surface area contributed by atoms with Gasteiger partial charge in [-0.25, -0.2) is 4.98 Å². The molecule has 2 nitrogen and oxygen atoms in total. The second-order valence-corrected chi connectivity index (χ2v) is 4.13. The number of thiol groups is 1. The number of fused-ring (bicyclic) bond motifs is 1. The Morgan fingerprint density at radius 3 is 2.54 bits per heavy atom. The third-order valence-electron chi connectivity index (χ3n) is 1.28. The van der Waals surface area contributed by atoms with Gasteiger partial charge in [0.05, 0.1) is 10.2 Å². The van der Waals surface area contributed by atoms with Gasteiger partial charge in [-0.05, 0) is 12.1 Å². The molecule has 0 aliphatic carbocycles. The number of methoxy groups -OCH3 is 1. The SMILES string of the molecule is COC.Sc1nc2ccccc2s1. The normalized spacial score (nSPS) is 9.46. The number of nitrogens with zero attached hydrogens (tertiary/aromatic N) is 1. The Labute approximate surface area is 87.0 Å². The molecule has 0 N–H and O–H groups in total. The van der Waals surface area contributed by atoms with E-state index in [0.717, 1.165) is 9.86 Å². The minimum absolute atomic E-state index is 0.834. The fourth-order valence-corrected chi connectivity index (χ4v) is 1.97. The standard InChI is InChI=1S/C7H5NS2.C2H6O/c9-7-8-5-3-1-2-4-6(5)10-7;1-3-2/h1-4H,(H,8,9);1-2H3. The molecule has 2 rings (SSSR count). The molecular formula is C9H11NOS2. The van der Waals surface area contributed by atoms with Crippen molar-refractivity contribution in [2.24, 2.45) is 0 Å². The van der Waals surface area contributed by atoms with E-state index in [1.165, 1.54) is 4.70 Å². The molecule has 0 unspecified atom stereocenters. The van der Waals surface area contributed by atoms with Gasteiger partial charge in [-0.2, -0.15) is 0 Å². The van der Waals surface area contributed by atoms with Crippen LogP contribution in [0.15, 0.2) is 28.6 Å². The summed E-state index contributed by atoms with van der Waals surface area (Å²) in [5, 5.41) is 0. The number of para-hydroxylation sites is 1. The van der Waals surface area contributed by atoms with Crippen LogP contribution < -0.4 is 0 Å². The Kier molecular flexibility index (Phi) is 4.21. The topological polar surface area (TPSA) is 22.1 Å². The predicted molar refractivity (Wildman–Crippen MR) is 59.8 cm³/mol. The molecule has 0 fully saturated rings. The Balaban J connectivity index is 0.000000251. The van der Waals surface area contributed by atoms with Crippen molar-refractivity contribution in [1.29, 1.82) is 0 Å². The average molecular weight is 213 g/mol. The molecule has 0 aliphatic rings. The zero-order valence-electron chi connectivity index (χ0n) is 7.52. The zero-order chi connectivity index (χ0) is 9.68. The van der Waals surface area contributed by atoms with Crippen LogP contribution in [0, 0.1) is 0 Å². The number of benzene rings is 1. The molecule has 1 heterocycles. The first kappa shape index (κ1) is 10.5. The number of rotatable bonds is 0. The first-order valence-electron chi connectivity index (χ1n) is 3.72. The number of hydrogen-bond donors (Lipinski definition) is 1. The lowest BCUT2D eigenvalue weighted by molar-refractivity contribution is 0.277. The molecule has 0 amide bonds. The van der Waals surface area contributed by atoms with Crippen molar-refractivity contribution in [3.8, 4) is 0 Å². The van der Waals surface area contributed by atoms with Crippen LogP contribution in [0.2, 0.25) is 0 Å². The maximum absolute atomic E-state index is 4.25. The lowest BCUT2D eigenvalue weighted by Gasteiger charge is -1.80. The molecule has 0 saturated heterocycles. The second-order valence-electron chi connectivity index (χ2n) is 2.37. The highest BCUT2D eigenvalue weighted by atomic mass is 32.2. The van der Waals surface area contributed by atoms with E-state index in [-0.39, 0.29) is 0 Å². The van der Waals surface area contributed by atoms with Crippen LogP contribution in [0.4, 0.5) is 0 Å². The fourth-order valence-electron chi connectivity index (χ4n) is 0.860. The highest BCUT2D eigenvalue weighted by molar-refractivity contribution is 7.82. The molecule has 0 saturated carbocycles. The molecule has 0 radical (unpaired) electrons. The van der Waals surface area contributed by atoms with Crippen LogP contribution in [0.5, 0.6) is 0 Å². The van der Waals surface area contributed by atoms with E-state index in [1.807, 2.05) is 24.3 Å². The number of ether oxygens (including phenoxy) is 1. The van der Waals surface area contributed by atoms with Gasteiger partial charge in [0.2, 0.25) is 0 Å². The van der Waals surface area contributed by atoms with E-state index in [2.05, 4.69) is 22.3 Å².